The lowest BCUT2D eigenvalue weighted by Gasteiger charge is -2.28. The van der Waals surface area contributed by atoms with E-state index in [-0.39, 0.29) is 18.1 Å². The fraction of sp³-hybridized carbons (Fsp3) is 0.556. The summed E-state index contributed by atoms with van der Waals surface area (Å²) >= 11 is 0. The van der Waals surface area contributed by atoms with Crippen LogP contribution < -0.4 is 5.32 Å². The lowest BCUT2D eigenvalue weighted by Crippen LogP contribution is -2.42. The predicted octanol–water partition coefficient (Wildman–Crippen LogP) is 1.48. The van der Waals surface area contributed by atoms with Gasteiger partial charge < -0.3 is 15.2 Å². The molecule has 1 aliphatic heterocycles. The van der Waals surface area contributed by atoms with Crippen LogP contribution in [0.5, 0.6) is 0 Å². The minimum atomic E-state index is -0.623. The van der Waals surface area contributed by atoms with Crippen LogP contribution in [0.25, 0.3) is 5.52 Å². The van der Waals surface area contributed by atoms with Crippen LogP contribution in [-0.2, 0) is 10.2 Å². The molecule has 0 amide bonds. The zero-order chi connectivity index (χ0) is 18.3. The number of nitrogens with zero attached hydrogens (tertiary/aromatic N) is 5. The topological polar surface area (TPSA) is 119 Å². The van der Waals surface area contributed by atoms with Crippen molar-refractivity contribution in [2.45, 2.75) is 50.2 Å². The van der Waals surface area contributed by atoms with E-state index in [4.69, 9.17) is 4.74 Å². The van der Waals surface area contributed by atoms with Crippen molar-refractivity contribution in [3.05, 3.63) is 23.0 Å². The van der Waals surface area contributed by atoms with E-state index < -0.39 is 6.10 Å². The number of aliphatic hydroxyl groups is 1. The highest BCUT2D eigenvalue weighted by molar-refractivity contribution is 5.71. The molecule has 2 atom stereocenters. The molecule has 8 nitrogen and oxygen atoms in total. The Hall–Kier alpha value is -2.68. The Balaban J connectivity index is 1.81. The highest BCUT2D eigenvalue weighted by Gasteiger charge is 2.47. The Bertz CT molecular complexity index is 934. The zero-order valence-corrected chi connectivity index (χ0v) is 14.6. The number of nitriles is 2. The van der Waals surface area contributed by atoms with Crippen LogP contribution in [-0.4, -0.2) is 45.1 Å². The van der Waals surface area contributed by atoms with Crippen molar-refractivity contribution < 1.29 is 9.84 Å². The summed E-state index contributed by atoms with van der Waals surface area (Å²) in [5.41, 5.74) is 2.01. The number of anilines is 1. The predicted molar refractivity (Wildman–Crippen MR) is 92.5 cm³/mol. The van der Waals surface area contributed by atoms with Gasteiger partial charge in [-0.1, -0.05) is 6.92 Å². The molecule has 26 heavy (non-hydrogen) atoms. The van der Waals surface area contributed by atoms with Crippen LogP contribution in [0.1, 0.15) is 49.4 Å². The van der Waals surface area contributed by atoms with E-state index >= 15 is 0 Å². The van der Waals surface area contributed by atoms with Crippen LogP contribution in [0.15, 0.2) is 6.20 Å². The molecule has 0 bridgehead atoms. The number of hydrogen-bond acceptors (Lipinski definition) is 7. The molecule has 1 saturated heterocycles. The smallest absolute Gasteiger partial charge is 0.241 e. The van der Waals surface area contributed by atoms with E-state index in [1.165, 1.54) is 0 Å². The third-order valence-electron chi connectivity index (χ3n) is 5.58. The quantitative estimate of drug-likeness (QED) is 0.855. The van der Waals surface area contributed by atoms with E-state index in [1.807, 2.05) is 0 Å². The molecule has 2 aliphatic rings. The molecular weight excluding hydrogens is 332 g/mol. The van der Waals surface area contributed by atoms with Gasteiger partial charge >= 0.3 is 0 Å². The van der Waals surface area contributed by atoms with Crippen LogP contribution in [0.4, 0.5) is 5.95 Å². The van der Waals surface area contributed by atoms with E-state index in [2.05, 4.69) is 34.5 Å². The molecule has 134 valence electrons. The van der Waals surface area contributed by atoms with Gasteiger partial charge in [0, 0.05) is 12.0 Å². The van der Waals surface area contributed by atoms with Gasteiger partial charge in [-0.3, -0.25) is 0 Å². The largest absolute Gasteiger partial charge is 0.389 e. The summed E-state index contributed by atoms with van der Waals surface area (Å²) in [5, 5.41) is 37.0. The Morgan fingerprint density at radius 2 is 2.15 bits per heavy atom. The maximum atomic E-state index is 10.1. The molecule has 2 aromatic heterocycles. The lowest BCUT2D eigenvalue weighted by molar-refractivity contribution is -0.0136. The van der Waals surface area contributed by atoms with Crippen molar-refractivity contribution in [3.63, 3.8) is 0 Å². The monoisotopic (exact) mass is 352 g/mol. The zero-order valence-electron chi connectivity index (χ0n) is 14.6. The second-order valence-electron chi connectivity index (χ2n) is 7.02. The first-order valence-corrected chi connectivity index (χ1v) is 8.88. The third-order valence-corrected chi connectivity index (χ3v) is 5.58. The van der Waals surface area contributed by atoms with Gasteiger partial charge in [0.1, 0.15) is 17.7 Å². The molecule has 2 aromatic rings. The molecule has 2 fully saturated rings. The molecule has 4 rings (SSSR count). The molecule has 0 radical (unpaired) electrons. The molecule has 1 saturated carbocycles. The maximum Gasteiger partial charge on any atom is 0.241 e. The number of rotatable bonds is 4. The number of nitrogens with one attached hydrogen (secondary N) is 1. The van der Waals surface area contributed by atoms with Crippen LogP contribution >= 0.6 is 0 Å². The second kappa shape index (κ2) is 6.24. The van der Waals surface area contributed by atoms with Crippen molar-refractivity contribution in [2.75, 3.05) is 18.5 Å². The highest BCUT2D eigenvalue weighted by Crippen LogP contribution is 2.52. The maximum absolute atomic E-state index is 10.1. The summed E-state index contributed by atoms with van der Waals surface area (Å²) in [7, 11) is 0. The Labute approximate surface area is 151 Å². The first-order valence-electron chi connectivity index (χ1n) is 8.88. The Morgan fingerprint density at radius 1 is 1.38 bits per heavy atom. The van der Waals surface area contributed by atoms with Gasteiger partial charge in [-0.25, -0.2) is 9.50 Å². The van der Waals surface area contributed by atoms with Gasteiger partial charge in [0.15, 0.2) is 0 Å². The molecular formula is C18H20N6O2. The third kappa shape index (κ3) is 2.50. The number of aliphatic hydroxyl groups excluding tert-OH is 1. The molecule has 0 aromatic carbocycles. The first-order chi connectivity index (χ1) is 12.6. The van der Waals surface area contributed by atoms with Gasteiger partial charge in [0.2, 0.25) is 5.95 Å². The fourth-order valence-corrected chi connectivity index (χ4v) is 3.79. The molecule has 0 unspecified atom stereocenters. The SMILES string of the molecule is CCC1(c2c(C#N)c(C#N)c3cnc(N[C@@H]4CCOC[C@H]4O)nn23)CC1. The molecule has 1 aliphatic carbocycles. The summed E-state index contributed by atoms with van der Waals surface area (Å²) < 4.78 is 6.95. The van der Waals surface area contributed by atoms with Gasteiger partial charge in [-0.05, 0) is 25.7 Å². The van der Waals surface area contributed by atoms with Crippen molar-refractivity contribution in [1.29, 1.82) is 10.5 Å². The summed E-state index contributed by atoms with van der Waals surface area (Å²) in [4.78, 5) is 4.31. The number of hydrogen-bond donors (Lipinski definition) is 2. The highest BCUT2D eigenvalue weighted by atomic mass is 16.5. The van der Waals surface area contributed by atoms with Crippen molar-refractivity contribution >= 4 is 11.5 Å². The van der Waals surface area contributed by atoms with Crippen molar-refractivity contribution in [1.82, 2.24) is 14.6 Å². The standard InChI is InChI=1S/C18H20N6O2/c1-2-18(4-5-18)16-12(8-20)11(7-19)14-9-21-17(23-24(14)16)22-13-3-6-26-10-15(13)25/h9,13,15,25H,2-6,10H2,1H3,(H,22,23)/t13-,15-/m1/s1. The molecule has 8 heteroatoms. The van der Waals surface area contributed by atoms with Crippen molar-refractivity contribution in [3.8, 4) is 12.1 Å². The summed E-state index contributed by atoms with van der Waals surface area (Å²) in [5.74, 6) is 0.376. The van der Waals surface area contributed by atoms with Gasteiger partial charge in [0.05, 0.1) is 41.8 Å². The first kappa shape index (κ1) is 16.8. The fourth-order valence-electron chi connectivity index (χ4n) is 3.79. The van der Waals surface area contributed by atoms with Gasteiger partial charge in [-0.15, -0.1) is 5.10 Å². The van der Waals surface area contributed by atoms with Gasteiger partial charge in [-0.2, -0.15) is 10.5 Å². The average molecular weight is 352 g/mol. The summed E-state index contributed by atoms with van der Waals surface area (Å²) in [6.45, 7) is 2.95. The number of aromatic nitrogens is 3. The molecule has 3 heterocycles. The molecule has 2 N–H and O–H groups in total. The van der Waals surface area contributed by atoms with Crippen molar-refractivity contribution in [2.24, 2.45) is 0 Å². The minimum absolute atomic E-state index is 0.0904. The number of fused-ring (bicyclic) bond motifs is 1. The van der Waals surface area contributed by atoms with E-state index in [9.17, 15) is 15.6 Å². The van der Waals surface area contributed by atoms with E-state index in [1.54, 1.807) is 10.7 Å². The number of ether oxygens (including phenoxy) is 1. The summed E-state index contributed by atoms with van der Waals surface area (Å²) in [6.07, 6.45) is 4.48. The summed E-state index contributed by atoms with van der Waals surface area (Å²) in [6, 6.07) is 4.16. The molecule has 0 spiro atoms. The lowest BCUT2D eigenvalue weighted by atomic mass is 9.95. The van der Waals surface area contributed by atoms with Crippen LogP contribution in [0.2, 0.25) is 0 Å². The minimum Gasteiger partial charge on any atom is -0.389 e. The van der Waals surface area contributed by atoms with Crippen LogP contribution in [0, 0.1) is 22.7 Å². The second-order valence-corrected chi connectivity index (χ2v) is 7.02. The normalized spacial score (nSPS) is 24.0. The van der Waals surface area contributed by atoms with Crippen LogP contribution in [0.3, 0.4) is 0 Å². The van der Waals surface area contributed by atoms with Gasteiger partial charge in [0.25, 0.3) is 0 Å². The van der Waals surface area contributed by atoms with E-state index in [0.717, 1.165) is 25.0 Å². The Morgan fingerprint density at radius 3 is 2.77 bits per heavy atom. The van der Waals surface area contributed by atoms with E-state index in [0.29, 0.717) is 35.6 Å². The Kier molecular flexibility index (Phi) is 4.03. The average Bonchev–Trinajstić information content (AvgIpc) is 3.38.